The highest BCUT2D eigenvalue weighted by atomic mass is 16.5. The number of hydrogen-bond donors (Lipinski definition) is 1. The molecule has 1 aromatic heterocycles. The maximum atomic E-state index is 8.56. The molecule has 74 valence electrons. The lowest BCUT2D eigenvalue weighted by Gasteiger charge is -2.02. The van der Waals surface area contributed by atoms with Gasteiger partial charge in [0.15, 0.2) is 12.0 Å². The molecule has 0 radical (unpaired) electrons. The van der Waals surface area contributed by atoms with E-state index >= 15 is 0 Å². The maximum absolute atomic E-state index is 8.56. The van der Waals surface area contributed by atoms with Gasteiger partial charge in [-0.15, -0.1) is 0 Å². The predicted octanol–water partition coefficient (Wildman–Crippen LogP) is 1.34. The zero-order valence-corrected chi connectivity index (χ0v) is 7.64. The third-order valence-corrected chi connectivity index (χ3v) is 1.94. The topological polar surface area (TPSA) is 55.5 Å². The van der Waals surface area contributed by atoms with Gasteiger partial charge in [0.05, 0.1) is 19.8 Å². The smallest absolute Gasteiger partial charge is 0.181 e. The van der Waals surface area contributed by atoms with Crippen LogP contribution in [0.3, 0.4) is 0 Å². The predicted molar refractivity (Wildman–Crippen MR) is 50.8 cm³/mol. The van der Waals surface area contributed by atoms with Crippen molar-refractivity contribution in [2.24, 2.45) is 0 Å². The molecule has 0 amide bonds. The molecule has 0 saturated carbocycles. The molecule has 0 fully saturated rings. The van der Waals surface area contributed by atoms with Gasteiger partial charge < -0.3 is 14.3 Å². The van der Waals surface area contributed by atoms with E-state index in [2.05, 4.69) is 4.98 Å². The summed E-state index contributed by atoms with van der Waals surface area (Å²) >= 11 is 0. The Kier molecular flexibility index (Phi) is 2.76. The lowest BCUT2D eigenvalue weighted by molar-refractivity contribution is 0.0821. The summed E-state index contributed by atoms with van der Waals surface area (Å²) < 4.78 is 10.4. The first kappa shape index (κ1) is 9.18. The van der Waals surface area contributed by atoms with E-state index in [1.807, 2.05) is 18.2 Å². The first-order valence-electron chi connectivity index (χ1n) is 4.41. The number of fused-ring (bicyclic) bond motifs is 1. The van der Waals surface area contributed by atoms with E-state index in [0.29, 0.717) is 13.2 Å². The molecular weight excluding hydrogens is 182 g/mol. The minimum atomic E-state index is 0.0365. The van der Waals surface area contributed by atoms with Crippen LogP contribution < -0.4 is 0 Å². The highest BCUT2D eigenvalue weighted by Gasteiger charge is 2.03. The summed E-state index contributed by atoms with van der Waals surface area (Å²) in [5.74, 6) is 0. The molecule has 0 aliphatic carbocycles. The minimum absolute atomic E-state index is 0.0365. The molecule has 2 rings (SSSR count). The van der Waals surface area contributed by atoms with Crippen LogP contribution in [-0.2, 0) is 11.3 Å². The van der Waals surface area contributed by atoms with Gasteiger partial charge in [0, 0.05) is 5.56 Å². The molecule has 4 heteroatoms. The van der Waals surface area contributed by atoms with Gasteiger partial charge in [0.1, 0.15) is 5.52 Å². The van der Waals surface area contributed by atoms with Crippen molar-refractivity contribution in [2.45, 2.75) is 6.61 Å². The van der Waals surface area contributed by atoms with Crippen LogP contribution in [-0.4, -0.2) is 23.3 Å². The van der Waals surface area contributed by atoms with E-state index in [4.69, 9.17) is 14.3 Å². The normalized spacial score (nSPS) is 10.9. The van der Waals surface area contributed by atoms with Crippen molar-refractivity contribution in [3.63, 3.8) is 0 Å². The number of ether oxygens (including phenoxy) is 1. The van der Waals surface area contributed by atoms with Crippen molar-refractivity contribution in [1.29, 1.82) is 0 Å². The van der Waals surface area contributed by atoms with Gasteiger partial charge in [0.25, 0.3) is 0 Å². The monoisotopic (exact) mass is 193 g/mol. The first-order valence-corrected chi connectivity index (χ1v) is 4.41. The van der Waals surface area contributed by atoms with Crippen LogP contribution in [0.4, 0.5) is 0 Å². The number of hydrogen-bond acceptors (Lipinski definition) is 4. The van der Waals surface area contributed by atoms with Crippen molar-refractivity contribution in [3.8, 4) is 0 Å². The molecule has 14 heavy (non-hydrogen) atoms. The summed E-state index contributed by atoms with van der Waals surface area (Å²) in [5, 5.41) is 8.56. The second kappa shape index (κ2) is 4.21. The van der Waals surface area contributed by atoms with Crippen molar-refractivity contribution in [3.05, 3.63) is 30.2 Å². The summed E-state index contributed by atoms with van der Waals surface area (Å²) in [7, 11) is 0. The van der Waals surface area contributed by atoms with Crippen LogP contribution in [0.1, 0.15) is 5.56 Å². The maximum Gasteiger partial charge on any atom is 0.181 e. The molecule has 0 saturated heterocycles. The quantitative estimate of drug-likeness (QED) is 0.744. The highest BCUT2D eigenvalue weighted by molar-refractivity contribution is 5.75. The Morgan fingerprint density at radius 3 is 3.21 bits per heavy atom. The summed E-state index contributed by atoms with van der Waals surface area (Å²) in [4.78, 5) is 4.09. The number of aliphatic hydroxyl groups is 1. The Morgan fingerprint density at radius 2 is 2.36 bits per heavy atom. The van der Waals surface area contributed by atoms with Gasteiger partial charge in [-0.1, -0.05) is 12.1 Å². The molecule has 4 nitrogen and oxygen atoms in total. The first-order chi connectivity index (χ1) is 6.92. The average molecular weight is 193 g/mol. The van der Waals surface area contributed by atoms with E-state index in [1.54, 1.807) is 0 Å². The fourth-order valence-electron chi connectivity index (χ4n) is 1.31. The zero-order valence-electron chi connectivity index (χ0n) is 7.64. The Hall–Kier alpha value is -1.39. The Bertz CT molecular complexity index is 410. The van der Waals surface area contributed by atoms with Crippen LogP contribution >= 0.6 is 0 Å². The number of para-hydroxylation sites is 1. The molecular formula is C10H11NO3. The van der Waals surface area contributed by atoms with Crippen LogP contribution in [0.15, 0.2) is 29.0 Å². The van der Waals surface area contributed by atoms with E-state index < -0.39 is 0 Å². The Morgan fingerprint density at radius 1 is 1.43 bits per heavy atom. The molecule has 1 heterocycles. The van der Waals surface area contributed by atoms with Gasteiger partial charge in [0.2, 0.25) is 0 Å². The molecule has 0 unspecified atom stereocenters. The lowest BCUT2D eigenvalue weighted by Crippen LogP contribution is -1.99. The van der Waals surface area contributed by atoms with Gasteiger partial charge in [-0.2, -0.15) is 0 Å². The fourth-order valence-corrected chi connectivity index (χ4v) is 1.31. The Labute approximate surface area is 81.1 Å². The van der Waals surface area contributed by atoms with Gasteiger partial charge in [-0.05, 0) is 6.07 Å². The fraction of sp³-hybridized carbons (Fsp3) is 0.300. The number of rotatable bonds is 4. The lowest BCUT2D eigenvalue weighted by atomic mass is 10.2. The van der Waals surface area contributed by atoms with Crippen LogP contribution in [0.2, 0.25) is 0 Å². The molecule has 0 atom stereocenters. The van der Waals surface area contributed by atoms with Crippen molar-refractivity contribution < 1.29 is 14.3 Å². The SMILES string of the molecule is OCCOCc1cccc2ocnc12. The van der Waals surface area contributed by atoms with E-state index in [1.165, 1.54) is 6.39 Å². The van der Waals surface area contributed by atoms with Crippen LogP contribution in [0.25, 0.3) is 11.1 Å². The third kappa shape index (κ3) is 1.76. The number of oxazole rings is 1. The average Bonchev–Trinajstić information content (AvgIpc) is 2.67. The van der Waals surface area contributed by atoms with E-state index in [-0.39, 0.29) is 6.61 Å². The molecule has 0 bridgehead atoms. The van der Waals surface area contributed by atoms with E-state index in [0.717, 1.165) is 16.7 Å². The number of benzene rings is 1. The van der Waals surface area contributed by atoms with E-state index in [9.17, 15) is 0 Å². The van der Waals surface area contributed by atoms with Crippen molar-refractivity contribution in [1.82, 2.24) is 4.98 Å². The standard InChI is InChI=1S/C10H11NO3/c12-4-5-13-6-8-2-1-3-9-10(8)11-7-14-9/h1-3,7,12H,4-6H2. The highest BCUT2D eigenvalue weighted by Crippen LogP contribution is 2.17. The molecule has 0 aliphatic heterocycles. The summed E-state index contributed by atoms with van der Waals surface area (Å²) in [6, 6.07) is 5.69. The second-order valence-corrected chi connectivity index (χ2v) is 2.89. The largest absolute Gasteiger partial charge is 0.443 e. The van der Waals surface area contributed by atoms with Crippen molar-refractivity contribution in [2.75, 3.05) is 13.2 Å². The molecule has 0 spiro atoms. The summed E-state index contributed by atoms with van der Waals surface area (Å²) in [6.45, 7) is 0.827. The van der Waals surface area contributed by atoms with Crippen LogP contribution in [0, 0.1) is 0 Å². The van der Waals surface area contributed by atoms with Crippen molar-refractivity contribution >= 4 is 11.1 Å². The molecule has 1 N–H and O–H groups in total. The summed E-state index contributed by atoms with van der Waals surface area (Å²) in [5.41, 5.74) is 2.56. The number of aromatic nitrogens is 1. The summed E-state index contributed by atoms with van der Waals surface area (Å²) in [6.07, 6.45) is 1.42. The molecule has 1 aromatic carbocycles. The van der Waals surface area contributed by atoms with Gasteiger partial charge in [-0.25, -0.2) is 4.98 Å². The van der Waals surface area contributed by atoms with Gasteiger partial charge >= 0.3 is 0 Å². The minimum Gasteiger partial charge on any atom is -0.443 e. The van der Waals surface area contributed by atoms with Gasteiger partial charge in [-0.3, -0.25) is 0 Å². The molecule has 0 aliphatic rings. The van der Waals surface area contributed by atoms with Crippen LogP contribution in [0.5, 0.6) is 0 Å². The Balaban J connectivity index is 2.19. The third-order valence-electron chi connectivity index (χ3n) is 1.94. The number of nitrogens with zero attached hydrogens (tertiary/aromatic N) is 1. The molecule has 2 aromatic rings. The zero-order chi connectivity index (χ0) is 9.80. The second-order valence-electron chi connectivity index (χ2n) is 2.89. The number of aliphatic hydroxyl groups excluding tert-OH is 1.